The van der Waals surface area contributed by atoms with E-state index in [-0.39, 0.29) is 45.4 Å². The predicted octanol–water partition coefficient (Wildman–Crippen LogP) is 9.99. The molecule has 0 aliphatic carbocycles. The van der Waals surface area contributed by atoms with Gasteiger partial charge in [-0.2, -0.15) is 0 Å². The summed E-state index contributed by atoms with van der Waals surface area (Å²) in [4.78, 5) is 25.6. The van der Waals surface area contributed by atoms with Crippen LogP contribution in [0.15, 0.2) is 24.3 Å². The molecule has 2 aromatic rings. The third kappa shape index (κ3) is 11.8. The normalized spacial score (nSPS) is 14.0. The molecule has 0 amide bonds. The molecule has 0 radical (unpaired) electrons. The van der Waals surface area contributed by atoms with Crippen LogP contribution >= 0.6 is 0 Å². The summed E-state index contributed by atoms with van der Waals surface area (Å²) in [6, 6.07) is 8.11. The Kier molecular flexibility index (Phi) is 13.8. The largest absolute Gasteiger partial charge is 0.507 e. The minimum atomic E-state index is -0.293. The van der Waals surface area contributed by atoms with Crippen LogP contribution in [0.5, 0.6) is 11.5 Å². The van der Waals surface area contributed by atoms with Crippen LogP contribution in [0.1, 0.15) is 156 Å². The summed E-state index contributed by atoms with van der Waals surface area (Å²) in [7, 11) is 0. The molecule has 0 aromatic heterocycles. The molecular weight excluding hydrogens is 600 g/mol. The van der Waals surface area contributed by atoms with Crippen LogP contribution in [0.4, 0.5) is 0 Å². The molecular formula is C42H66O6. The molecule has 0 saturated carbocycles. The van der Waals surface area contributed by atoms with Gasteiger partial charge in [0.25, 0.3) is 0 Å². The summed E-state index contributed by atoms with van der Waals surface area (Å²) < 4.78 is 11.2. The SMILES string of the molecule is CC(Cc1cc(C(C)(C)C)c(O)c(C(C)(C)C)c1)C(=O)OCCCCCCOC(=O)C(C)Cc1cc(C(C)(C)C)c(O)c(C(C)(C)C)c1. The predicted molar refractivity (Wildman–Crippen MR) is 197 cm³/mol. The topological polar surface area (TPSA) is 93.1 Å². The van der Waals surface area contributed by atoms with Crippen molar-refractivity contribution in [2.24, 2.45) is 11.8 Å². The minimum Gasteiger partial charge on any atom is -0.507 e. The van der Waals surface area contributed by atoms with Crippen LogP contribution in [0.2, 0.25) is 0 Å². The fourth-order valence-electron chi connectivity index (χ4n) is 5.97. The lowest BCUT2D eigenvalue weighted by Gasteiger charge is -2.28. The number of unbranched alkanes of at least 4 members (excludes halogenated alkanes) is 3. The Balaban J connectivity index is 1.79. The average molecular weight is 667 g/mol. The number of esters is 2. The highest BCUT2D eigenvalue weighted by Gasteiger charge is 2.29. The second kappa shape index (κ2) is 16.1. The molecule has 0 spiro atoms. The van der Waals surface area contributed by atoms with Gasteiger partial charge in [-0.25, -0.2) is 0 Å². The molecule has 0 bridgehead atoms. The van der Waals surface area contributed by atoms with Gasteiger partial charge in [-0.15, -0.1) is 0 Å². The summed E-state index contributed by atoms with van der Waals surface area (Å²) in [5, 5.41) is 22.0. The third-order valence-electron chi connectivity index (χ3n) is 8.99. The van der Waals surface area contributed by atoms with Crippen molar-refractivity contribution in [1.29, 1.82) is 0 Å². The number of benzene rings is 2. The molecule has 0 aliphatic heterocycles. The second-order valence-corrected chi connectivity index (χ2v) is 18.0. The molecule has 6 heteroatoms. The van der Waals surface area contributed by atoms with Gasteiger partial charge in [-0.05, 0) is 93.6 Å². The molecule has 0 saturated heterocycles. The van der Waals surface area contributed by atoms with Crippen molar-refractivity contribution in [3.63, 3.8) is 0 Å². The van der Waals surface area contributed by atoms with E-state index in [9.17, 15) is 19.8 Å². The van der Waals surface area contributed by atoms with E-state index in [0.29, 0.717) is 37.6 Å². The number of carbonyl (C=O) groups is 2. The van der Waals surface area contributed by atoms with E-state index in [1.165, 1.54) is 0 Å². The zero-order valence-electron chi connectivity index (χ0n) is 32.6. The van der Waals surface area contributed by atoms with E-state index in [2.05, 4.69) is 83.1 Å². The Morgan fingerprint density at radius 2 is 0.771 bits per heavy atom. The molecule has 2 unspecified atom stereocenters. The molecule has 0 fully saturated rings. The highest BCUT2D eigenvalue weighted by molar-refractivity contribution is 5.73. The van der Waals surface area contributed by atoms with E-state index in [1.54, 1.807) is 0 Å². The van der Waals surface area contributed by atoms with Crippen molar-refractivity contribution < 1.29 is 29.3 Å². The summed E-state index contributed by atoms with van der Waals surface area (Å²) in [5.74, 6) is -0.318. The lowest BCUT2D eigenvalue weighted by molar-refractivity contribution is -0.149. The minimum absolute atomic E-state index is 0.210. The van der Waals surface area contributed by atoms with Crippen molar-refractivity contribution in [2.45, 2.75) is 157 Å². The first-order chi connectivity index (χ1) is 21.8. The number of hydrogen-bond donors (Lipinski definition) is 2. The lowest BCUT2D eigenvalue weighted by Crippen LogP contribution is -2.21. The summed E-state index contributed by atoms with van der Waals surface area (Å²) in [6.45, 7) is 29.6. The molecule has 2 aromatic carbocycles. The van der Waals surface area contributed by atoms with Gasteiger partial charge in [-0.3, -0.25) is 9.59 Å². The van der Waals surface area contributed by atoms with Gasteiger partial charge in [0.05, 0.1) is 25.0 Å². The number of hydrogen-bond acceptors (Lipinski definition) is 6. The molecule has 0 aliphatic rings. The fourth-order valence-corrected chi connectivity index (χ4v) is 5.97. The molecule has 0 heterocycles. The van der Waals surface area contributed by atoms with E-state index in [4.69, 9.17) is 9.47 Å². The number of carbonyl (C=O) groups excluding carboxylic acids is 2. The summed E-state index contributed by atoms with van der Waals surface area (Å²) in [5.41, 5.74) is 4.76. The molecule has 6 nitrogen and oxygen atoms in total. The Labute approximate surface area is 292 Å². The first-order valence-corrected chi connectivity index (χ1v) is 17.9. The molecule has 2 atom stereocenters. The zero-order valence-corrected chi connectivity index (χ0v) is 32.6. The van der Waals surface area contributed by atoms with Crippen molar-refractivity contribution in [3.05, 3.63) is 57.6 Å². The van der Waals surface area contributed by atoms with E-state index >= 15 is 0 Å². The maximum Gasteiger partial charge on any atom is 0.308 e. The van der Waals surface area contributed by atoms with Crippen LogP contribution in [-0.4, -0.2) is 35.4 Å². The van der Waals surface area contributed by atoms with Crippen molar-refractivity contribution in [2.75, 3.05) is 13.2 Å². The molecule has 48 heavy (non-hydrogen) atoms. The van der Waals surface area contributed by atoms with Gasteiger partial charge in [-0.1, -0.05) is 121 Å². The smallest absolute Gasteiger partial charge is 0.308 e. The van der Waals surface area contributed by atoms with E-state index in [0.717, 1.165) is 59.1 Å². The van der Waals surface area contributed by atoms with Gasteiger partial charge >= 0.3 is 11.9 Å². The number of phenols is 2. The Hall–Kier alpha value is -3.02. The van der Waals surface area contributed by atoms with Crippen LogP contribution in [0, 0.1) is 11.8 Å². The quantitative estimate of drug-likeness (QED) is 0.163. The van der Waals surface area contributed by atoms with Crippen LogP contribution in [-0.2, 0) is 53.6 Å². The molecule has 270 valence electrons. The van der Waals surface area contributed by atoms with Gasteiger partial charge < -0.3 is 19.7 Å². The average Bonchev–Trinajstić information content (AvgIpc) is 2.93. The lowest BCUT2D eigenvalue weighted by atomic mass is 9.77. The van der Waals surface area contributed by atoms with Crippen LogP contribution < -0.4 is 0 Å². The van der Waals surface area contributed by atoms with Gasteiger partial charge in [0.1, 0.15) is 11.5 Å². The Morgan fingerprint density at radius 1 is 0.521 bits per heavy atom. The summed E-state index contributed by atoms with van der Waals surface area (Å²) >= 11 is 0. The fraction of sp³-hybridized carbons (Fsp3) is 0.667. The zero-order chi connectivity index (χ0) is 36.8. The van der Waals surface area contributed by atoms with Gasteiger partial charge in [0.15, 0.2) is 0 Å². The van der Waals surface area contributed by atoms with Gasteiger partial charge in [0.2, 0.25) is 0 Å². The highest BCUT2D eigenvalue weighted by Crippen LogP contribution is 2.41. The number of phenolic OH excluding ortho intramolecular Hbond substituents is 2. The third-order valence-corrected chi connectivity index (χ3v) is 8.99. The maximum atomic E-state index is 12.8. The van der Waals surface area contributed by atoms with E-state index in [1.807, 2.05) is 38.1 Å². The monoisotopic (exact) mass is 666 g/mol. The Bertz CT molecular complexity index is 1210. The van der Waals surface area contributed by atoms with Crippen molar-refractivity contribution in [1.82, 2.24) is 0 Å². The summed E-state index contributed by atoms with van der Waals surface area (Å²) in [6.07, 6.45) is 4.40. The van der Waals surface area contributed by atoms with Crippen LogP contribution in [0.3, 0.4) is 0 Å². The number of ether oxygens (including phenoxy) is 2. The molecule has 2 N–H and O–H groups in total. The maximum absolute atomic E-state index is 12.8. The van der Waals surface area contributed by atoms with Crippen molar-refractivity contribution >= 4 is 11.9 Å². The second-order valence-electron chi connectivity index (χ2n) is 18.0. The van der Waals surface area contributed by atoms with Crippen molar-refractivity contribution in [3.8, 4) is 11.5 Å². The number of aromatic hydroxyl groups is 2. The first-order valence-electron chi connectivity index (χ1n) is 17.9. The van der Waals surface area contributed by atoms with Crippen LogP contribution in [0.25, 0.3) is 0 Å². The standard InChI is InChI=1S/C42H66O6/c1-27(21-29-23-31(39(3,4)5)35(43)32(24-29)40(6,7)8)37(45)47-19-17-15-16-18-20-48-38(46)28(2)22-30-25-33(41(9,10)11)36(44)34(26-30)42(12,13)14/h23-28,43-44H,15-22H2,1-14H3. The first kappa shape index (κ1) is 41.2. The van der Waals surface area contributed by atoms with Gasteiger partial charge in [0, 0.05) is 0 Å². The van der Waals surface area contributed by atoms with E-state index < -0.39 is 0 Å². The molecule has 2 rings (SSSR count). The highest BCUT2D eigenvalue weighted by atomic mass is 16.5. The Morgan fingerprint density at radius 3 is 1.00 bits per heavy atom. The number of rotatable bonds is 13.